The van der Waals surface area contributed by atoms with Crippen LogP contribution in [-0.4, -0.2) is 53.6 Å². The molecule has 3 rings (SSSR count). The van der Waals surface area contributed by atoms with E-state index in [9.17, 15) is 9.90 Å². The zero-order valence-corrected chi connectivity index (χ0v) is 11.7. The molecule has 1 aromatic rings. The minimum absolute atomic E-state index is 0.222. The minimum Gasteiger partial charge on any atom is -0.504 e. The summed E-state index contributed by atoms with van der Waals surface area (Å²) in [5.41, 5.74) is 0.877. The quantitative estimate of drug-likeness (QED) is 0.901. The summed E-state index contributed by atoms with van der Waals surface area (Å²) in [6.45, 7) is 3.25. The third kappa shape index (κ3) is 2.33. The Labute approximate surface area is 118 Å². The molecular weight excluding hydrogens is 256 g/mol. The molecule has 5 nitrogen and oxygen atoms in total. The van der Waals surface area contributed by atoms with Crippen molar-refractivity contribution in [3.63, 3.8) is 0 Å². The molecule has 0 radical (unpaired) electrons. The van der Waals surface area contributed by atoms with Gasteiger partial charge >= 0.3 is 0 Å². The first-order valence-corrected chi connectivity index (χ1v) is 7.05. The molecule has 1 aromatic carbocycles. The number of phenolic OH excluding ortho intramolecular Hbond substituents is 1. The van der Waals surface area contributed by atoms with Gasteiger partial charge in [0, 0.05) is 44.2 Å². The molecule has 1 atom stereocenters. The fourth-order valence-corrected chi connectivity index (χ4v) is 3.17. The summed E-state index contributed by atoms with van der Waals surface area (Å²) in [6.07, 6.45) is 1.64. The fourth-order valence-electron chi connectivity index (χ4n) is 3.17. The van der Waals surface area contributed by atoms with Gasteiger partial charge in [0.1, 0.15) is 0 Å². The van der Waals surface area contributed by atoms with E-state index in [1.807, 2.05) is 17.0 Å². The molecule has 1 amide bonds. The maximum absolute atomic E-state index is 11.7. The van der Waals surface area contributed by atoms with Crippen LogP contribution in [0.5, 0.6) is 11.5 Å². The number of ether oxygens (including phenoxy) is 1. The minimum atomic E-state index is 0.222. The van der Waals surface area contributed by atoms with Crippen LogP contribution in [0.3, 0.4) is 0 Å². The predicted molar refractivity (Wildman–Crippen MR) is 74.7 cm³/mol. The highest BCUT2D eigenvalue weighted by atomic mass is 16.5. The second kappa shape index (κ2) is 5.32. The van der Waals surface area contributed by atoms with Gasteiger partial charge in [0.25, 0.3) is 0 Å². The van der Waals surface area contributed by atoms with E-state index < -0.39 is 0 Å². The van der Waals surface area contributed by atoms with E-state index in [0.29, 0.717) is 30.7 Å². The molecule has 1 unspecified atom stereocenters. The van der Waals surface area contributed by atoms with E-state index in [-0.39, 0.29) is 5.75 Å². The number of aromatic hydroxyl groups is 1. The Bertz CT molecular complexity index is 518. The highest BCUT2D eigenvalue weighted by molar-refractivity contribution is 5.78. The van der Waals surface area contributed by atoms with Gasteiger partial charge in [0.05, 0.1) is 7.11 Å². The van der Waals surface area contributed by atoms with E-state index in [2.05, 4.69) is 4.90 Å². The second-order valence-electron chi connectivity index (χ2n) is 5.48. The number of nitrogens with zero attached hydrogens (tertiary/aromatic N) is 2. The molecule has 2 saturated heterocycles. The highest BCUT2D eigenvalue weighted by Crippen LogP contribution is 2.31. The number of para-hydroxylation sites is 1. The maximum Gasteiger partial charge on any atom is 0.222 e. The molecule has 2 fully saturated rings. The standard InChI is InChI=1S/C15H20N2O3/c1-20-13-4-2-3-11(15(13)19)9-16-7-8-17-12(10-16)5-6-14(17)18/h2-4,12,19H,5-10H2,1H3. The number of amides is 1. The summed E-state index contributed by atoms with van der Waals surface area (Å²) in [6, 6.07) is 5.92. The fraction of sp³-hybridized carbons (Fsp3) is 0.533. The lowest BCUT2D eigenvalue weighted by Gasteiger charge is -2.37. The molecule has 1 N–H and O–H groups in total. The lowest BCUT2D eigenvalue weighted by molar-refractivity contribution is -0.130. The largest absolute Gasteiger partial charge is 0.504 e. The summed E-state index contributed by atoms with van der Waals surface area (Å²) in [4.78, 5) is 16.0. The van der Waals surface area contributed by atoms with Gasteiger partial charge < -0.3 is 14.7 Å². The van der Waals surface area contributed by atoms with Crippen molar-refractivity contribution in [1.82, 2.24) is 9.80 Å². The molecule has 2 heterocycles. The van der Waals surface area contributed by atoms with Crippen LogP contribution in [-0.2, 0) is 11.3 Å². The van der Waals surface area contributed by atoms with Crippen LogP contribution in [0.1, 0.15) is 18.4 Å². The smallest absolute Gasteiger partial charge is 0.222 e. The Balaban J connectivity index is 1.69. The van der Waals surface area contributed by atoms with E-state index >= 15 is 0 Å². The van der Waals surface area contributed by atoms with Gasteiger partial charge in [-0.15, -0.1) is 0 Å². The SMILES string of the molecule is COc1cccc(CN2CCN3C(=O)CCC3C2)c1O. The molecular formula is C15H20N2O3. The van der Waals surface area contributed by atoms with Crippen molar-refractivity contribution >= 4 is 5.91 Å². The number of carbonyl (C=O) groups is 1. The molecule has 108 valence electrons. The average Bonchev–Trinajstić information content (AvgIpc) is 2.82. The maximum atomic E-state index is 11.7. The van der Waals surface area contributed by atoms with E-state index in [1.165, 1.54) is 0 Å². The van der Waals surface area contributed by atoms with Crippen LogP contribution >= 0.6 is 0 Å². The predicted octanol–water partition coefficient (Wildman–Crippen LogP) is 1.21. The van der Waals surface area contributed by atoms with Crippen molar-refractivity contribution in [2.75, 3.05) is 26.7 Å². The lowest BCUT2D eigenvalue weighted by atomic mass is 10.1. The first kappa shape index (κ1) is 13.2. The number of benzene rings is 1. The number of hydrogen-bond acceptors (Lipinski definition) is 4. The van der Waals surface area contributed by atoms with E-state index in [1.54, 1.807) is 13.2 Å². The van der Waals surface area contributed by atoms with E-state index in [4.69, 9.17) is 4.74 Å². The van der Waals surface area contributed by atoms with Gasteiger partial charge in [-0.05, 0) is 12.5 Å². The number of phenols is 1. The highest BCUT2D eigenvalue weighted by Gasteiger charge is 2.35. The molecule has 0 aromatic heterocycles. The number of methoxy groups -OCH3 is 1. The topological polar surface area (TPSA) is 53.0 Å². The summed E-state index contributed by atoms with van der Waals surface area (Å²) in [5.74, 6) is 1.02. The third-order valence-corrected chi connectivity index (χ3v) is 4.28. The monoisotopic (exact) mass is 276 g/mol. The molecule has 0 spiro atoms. The van der Waals surface area contributed by atoms with Crippen molar-refractivity contribution in [3.05, 3.63) is 23.8 Å². The number of hydrogen-bond donors (Lipinski definition) is 1. The Kier molecular flexibility index (Phi) is 3.53. The number of fused-ring (bicyclic) bond motifs is 1. The van der Waals surface area contributed by atoms with Crippen molar-refractivity contribution in [1.29, 1.82) is 0 Å². The van der Waals surface area contributed by atoms with Crippen molar-refractivity contribution in [2.45, 2.75) is 25.4 Å². The van der Waals surface area contributed by atoms with Gasteiger partial charge in [-0.25, -0.2) is 0 Å². The molecule has 5 heteroatoms. The second-order valence-corrected chi connectivity index (χ2v) is 5.48. The van der Waals surface area contributed by atoms with Crippen LogP contribution < -0.4 is 4.74 Å². The Morgan fingerprint density at radius 3 is 3.05 bits per heavy atom. The van der Waals surface area contributed by atoms with Gasteiger partial charge in [-0.1, -0.05) is 12.1 Å². The van der Waals surface area contributed by atoms with Gasteiger partial charge in [0.2, 0.25) is 5.91 Å². The molecule has 0 aliphatic carbocycles. The summed E-state index contributed by atoms with van der Waals surface area (Å²) in [7, 11) is 1.56. The van der Waals surface area contributed by atoms with Crippen LogP contribution in [0.2, 0.25) is 0 Å². The molecule has 20 heavy (non-hydrogen) atoms. The Morgan fingerprint density at radius 2 is 2.25 bits per heavy atom. The van der Waals surface area contributed by atoms with Crippen molar-refractivity contribution in [3.8, 4) is 11.5 Å². The molecule has 0 saturated carbocycles. The summed E-state index contributed by atoms with van der Waals surface area (Å²) >= 11 is 0. The number of carbonyl (C=O) groups excluding carboxylic acids is 1. The zero-order chi connectivity index (χ0) is 14.1. The van der Waals surface area contributed by atoms with Crippen LogP contribution in [0.25, 0.3) is 0 Å². The van der Waals surface area contributed by atoms with Crippen LogP contribution in [0.4, 0.5) is 0 Å². The van der Waals surface area contributed by atoms with Crippen molar-refractivity contribution in [2.24, 2.45) is 0 Å². The zero-order valence-electron chi connectivity index (χ0n) is 11.7. The third-order valence-electron chi connectivity index (χ3n) is 4.28. The normalized spacial score (nSPS) is 22.9. The average molecular weight is 276 g/mol. The summed E-state index contributed by atoms with van der Waals surface area (Å²) < 4.78 is 5.14. The van der Waals surface area contributed by atoms with Gasteiger partial charge in [0.15, 0.2) is 11.5 Å². The van der Waals surface area contributed by atoms with Crippen molar-refractivity contribution < 1.29 is 14.6 Å². The molecule has 2 aliphatic heterocycles. The van der Waals surface area contributed by atoms with Gasteiger partial charge in [-0.3, -0.25) is 9.69 Å². The lowest BCUT2D eigenvalue weighted by Crippen LogP contribution is -2.50. The Morgan fingerprint density at radius 1 is 1.40 bits per heavy atom. The molecule has 0 bridgehead atoms. The first-order chi connectivity index (χ1) is 9.69. The number of piperazine rings is 1. The van der Waals surface area contributed by atoms with Gasteiger partial charge in [-0.2, -0.15) is 0 Å². The summed E-state index contributed by atoms with van der Waals surface area (Å²) in [5, 5.41) is 10.1. The first-order valence-electron chi connectivity index (χ1n) is 7.05. The van der Waals surface area contributed by atoms with E-state index in [0.717, 1.165) is 31.6 Å². The molecule has 2 aliphatic rings. The van der Waals surface area contributed by atoms with Crippen LogP contribution in [0, 0.1) is 0 Å². The Hall–Kier alpha value is -1.75. The van der Waals surface area contributed by atoms with Crippen LogP contribution in [0.15, 0.2) is 18.2 Å². The number of rotatable bonds is 3.